The first-order valence-electron chi connectivity index (χ1n) is 4.69. The minimum Gasteiger partial charge on any atom is -0.493 e. The highest BCUT2D eigenvalue weighted by Gasteiger charge is 2.09. The van der Waals surface area contributed by atoms with Gasteiger partial charge in [0.15, 0.2) is 5.78 Å². The topological polar surface area (TPSA) is 46.5 Å². The third kappa shape index (κ3) is 3.32. The second-order valence-electron chi connectivity index (χ2n) is 3.12. The minimum absolute atomic E-state index is 0.00468. The molecule has 0 heterocycles. The van der Waals surface area contributed by atoms with Gasteiger partial charge in [0.05, 0.1) is 12.2 Å². The van der Waals surface area contributed by atoms with E-state index in [-0.39, 0.29) is 24.7 Å². The molecule has 0 spiro atoms. The molecule has 0 fully saturated rings. The molecule has 0 atom stereocenters. The summed E-state index contributed by atoms with van der Waals surface area (Å²) in [5, 5.41) is 8.56. The molecule has 0 radical (unpaired) electrons. The van der Waals surface area contributed by atoms with E-state index >= 15 is 0 Å². The summed E-state index contributed by atoms with van der Waals surface area (Å²) in [6.45, 7) is 1.66. The molecule has 1 rings (SSSR count). The Balaban J connectivity index is 2.82. The Kier molecular flexibility index (Phi) is 4.24. The van der Waals surface area contributed by atoms with Crippen LogP contribution in [-0.4, -0.2) is 24.1 Å². The number of rotatable bonds is 5. The first-order valence-corrected chi connectivity index (χ1v) is 4.69. The molecule has 0 aliphatic carbocycles. The van der Waals surface area contributed by atoms with Crippen LogP contribution in [0.15, 0.2) is 18.2 Å². The van der Waals surface area contributed by atoms with Crippen molar-refractivity contribution in [1.29, 1.82) is 0 Å². The summed E-state index contributed by atoms with van der Waals surface area (Å²) in [4.78, 5) is 11.2. The quantitative estimate of drug-likeness (QED) is 0.598. The van der Waals surface area contributed by atoms with E-state index in [1.54, 1.807) is 0 Å². The van der Waals surface area contributed by atoms with Gasteiger partial charge in [-0.3, -0.25) is 4.79 Å². The smallest absolute Gasteiger partial charge is 0.163 e. The van der Waals surface area contributed by atoms with E-state index in [9.17, 15) is 9.18 Å². The van der Waals surface area contributed by atoms with Gasteiger partial charge in [0, 0.05) is 19.1 Å². The van der Waals surface area contributed by atoms with Crippen molar-refractivity contribution in [2.45, 2.75) is 13.3 Å². The Hall–Kier alpha value is -1.42. The Bertz CT molecular complexity index is 350. The second-order valence-corrected chi connectivity index (χ2v) is 3.12. The second kappa shape index (κ2) is 5.46. The van der Waals surface area contributed by atoms with Crippen molar-refractivity contribution in [1.82, 2.24) is 0 Å². The lowest BCUT2D eigenvalue weighted by Gasteiger charge is -2.08. The number of ether oxygens (including phenoxy) is 1. The first-order chi connectivity index (χ1) is 7.15. The summed E-state index contributed by atoms with van der Waals surface area (Å²) >= 11 is 0. The van der Waals surface area contributed by atoms with Gasteiger partial charge in [-0.2, -0.15) is 0 Å². The molecule has 0 amide bonds. The zero-order valence-electron chi connectivity index (χ0n) is 8.50. The fraction of sp³-hybridized carbons (Fsp3) is 0.364. The van der Waals surface area contributed by atoms with E-state index < -0.39 is 5.82 Å². The summed E-state index contributed by atoms with van der Waals surface area (Å²) in [7, 11) is 0. The lowest BCUT2D eigenvalue weighted by atomic mass is 10.1. The van der Waals surface area contributed by atoms with Gasteiger partial charge < -0.3 is 9.84 Å². The number of hydrogen-bond donors (Lipinski definition) is 1. The molecular formula is C11H13FO3. The molecule has 0 aliphatic rings. The summed E-state index contributed by atoms with van der Waals surface area (Å²) in [5.74, 6) is -0.385. The molecule has 0 aromatic heterocycles. The van der Waals surface area contributed by atoms with Crippen LogP contribution in [0.5, 0.6) is 5.75 Å². The number of carbonyl (C=O) groups is 1. The maximum absolute atomic E-state index is 12.9. The normalized spacial score (nSPS) is 10.1. The maximum atomic E-state index is 12.9. The minimum atomic E-state index is -0.445. The zero-order valence-corrected chi connectivity index (χ0v) is 8.50. The third-order valence-corrected chi connectivity index (χ3v) is 1.88. The summed E-state index contributed by atoms with van der Waals surface area (Å²) in [6, 6.07) is 3.79. The van der Waals surface area contributed by atoms with Gasteiger partial charge >= 0.3 is 0 Å². The van der Waals surface area contributed by atoms with Crippen LogP contribution in [0.3, 0.4) is 0 Å². The molecule has 0 bridgehead atoms. The molecule has 1 aromatic rings. The molecule has 0 unspecified atom stereocenters. The van der Waals surface area contributed by atoms with Gasteiger partial charge in [0.25, 0.3) is 0 Å². The fourth-order valence-electron chi connectivity index (χ4n) is 1.15. The number of carbonyl (C=O) groups excluding carboxylic acids is 1. The molecule has 1 aromatic carbocycles. The van der Waals surface area contributed by atoms with Crippen molar-refractivity contribution in [3.05, 3.63) is 29.6 Å². The van der Waals surface area contributed by atoms with E-state index in [1.807, 2.05) is 0 Å². The predicted molar refractivity (Wildman–Crippen MR) is 53.6 cm³/mol. The van der Waals surface area contributed by atoms with Crippen molar-refractivity contribution in [3.8, 4) is 5.75 Å². The van der Waals surface area contributed by atoms with E-state index in [0.29, 0.717) is 12.0 Å². The molecule has 3 nitrogen and oxygen atoms in total. The zero-order chi connectivity index (χ0) is 11.3. The number of ketones is 1. The van der Waals surface area contributed by atoms with Crippen LogP contribution in [0.2, 0.25) is 0 Å². The van der Waals surface area contributed by atoms with Crippen LogP contribution in [0, 0.1) is 5.82 Å². The lowest BCUT2D eigenvalue weighted by Crippen LogP contribution is -2.04. The number of benzene rings is 1. The van der Waals surface area contributed by atoms with E-state index in [2.05, 4.69) is 0 Å². The monoisotopic (exact) mass is 212 g/mol. The van der Waals surface area contributed by atoms with Gasteiger partial charge in [-0.25, -0.2) is 4.39 Å². The molecule has 0 aliphatic heterocycles. The molecule has 1 N–H and O–H groups in total. The molecule has 0 saturated carbocycles. The van der Waals surface area contributed by atoms with Crippen molar-refractivity contribution >= 4 is 5.78 Å². The van der Waals surface area contributed by atoms with Crippen molar-refractivity contribution in [3.63, 3.8) is 0 Å². The molecule has 82 valence electrons. The largest absolute Gasteiger partial charge is 0.493 e. The highest BCUT2D eigenvalue weighted by atomic mass is 19.1. The summed E-state index contributed by atoms with van der Waals surface area (Å²) < 4.78 is 18.1. The number of aliphatic hydroxyl groups is 1. The van der Waals surface area contributed by atoms with Crippen molar-refractivity contribution in [2.75, 3.05) is 13.2 Å². The highest BCUT2D eigenvalue weighted by molar-refractivity contribution is 5.96. The first kappa shape index (κ1) is 11.7. The van der Waals surface area contributed by atoms with Crippen LogP contribution in [0.25, 0.3) is 0 Å². The summed E-state index contributed by atoms with van der Waals surface area (Å²) in [5.41, 5.74) is 0.356. The van der Waals surface area contributed by atoms with Gasteiger partial charge in [-0.1, -0.05) is 0 Å². The van der Waals surface area contributed by atoms with Gasteiger partial charge in [-0.05, 0) is 19.1 Å². The standard InChI is InChI=1S/C11H13FO3/c1-8(14)10-4-3-9(12)7-11(10)15-6-2-5-13/h3-4,7,13H,2,5-6H2,1H3. The average molecular weight is 212 g/mol. The van der Waals surface area contributed by atoms with Crippen LogP contribution in [0.4, 0.5) is 4.39 Å². The Labute approximate surface area is 87.5 Å². The van der Waals surface area contributed by atoms with Crippen molar-refractivity contribution < 1.29 is 19.0 Å². The van der Waals surface area contributed by atoms with Gasteiger partial charge in [-0.15, -0.1) is 0 Å². The lowest BCUT2D eigenvalue weighted by molar-refractivity contribution is 0.101. The van der Waals surface area contributed by atoms with E-state index in [1.165, 1.54) is 25.1 Å². The Morgan fingerprint density at radius 1 is 1.53 bits per heavy atom. The molecule has 4 heteroatoms. The molecule has 0 saturated heterocycles. The average Bonchev–Trinajstić information content (AvgIpc) is 2.18. The Morgan fingerprint density at radius 3 is 2.87 bits per heavy atom. The van der Waals surface area contributed by atoms with Crippen LogP contribution in [-0.2, 0) is 0 Å². The van der Waals surface area contributed by atoms with E-state index in [4.69, 9.17) is 9.84 Å². The SMILES string of the molecule is CC(=O)c1ccc(F)cc1OCCCO. The van der Waals surface area contributed by atoms with Crippen LogP contribution < -0.4 is 4.74 Å². The van der Waals surface area contributed by atoms with E-state index in [0.717, 1.165) is 0 Å². The highest BCUT2D eigenvalue weighted by Crippen LogP contribution is 2.20. The third-order valence-electron chi connectivity index (χ3n) is 1.88. The number of Topliss-reactive ketones (excluding diaryl/α,β-unsaturated/α-hetero) is 1. The Morgan fingerprint density at radius 2 is 2.27 bits per heavy atom. The van der Waals surface area contributed by atoms with Crippen molar-refractivity contribution in [2.24, 2.45) is 0 Å². The van der Waals surface area contributed by atoms with Crippen LogP contribution >= 0.6 is 0 Å². The number of aliphatic hydroxyl groups excluding tert-OH is 1. The number of hydrogen-bond acceptors (Lipinski definition) is 3. The van der Waals surface area contributed by atoms with Crippen LogP contribution in [0.1, 0.15) is 23.7 Å². The molecule has 15 heavy (non-hydrogen) atoms. The predicted octanol–water partition coefficient (Wildman–Crippen LogP) is 1.79. The van der Waals surface area contributed by atoms with Gasteiger partial charge in [0.1, 0.15) is 11.6 Å². The fourth-order valence-corrected chi connectivity index (χ4v) is 1.15. The van der Waals surface area contributed by atoms with Gasteiger partial charge in [0.2, 0.25) is 0 Å². The molecular weight excluding hydrogens is 199 g/mol. The summed E-state index contributed by atoms with van der Waals surface area (Å²) in [6.07, 6.45) is 0.452. The number of halogens is 1. The maximum Gasteiger partial charge on any atom is 0.163 e.